The van der Waals surface area contributed by atoms with Gasteiger partial charge in [-0.15, -0.1) is 0 Å². The molecular weight excluding hydrogens is 602 g/mol. The van der Waals surface area contributed by atoms with Gasteiger partial charge in [-0.1, -0.05) is 0 Å². The molecule has 0 amide bonds. The van der Waals surface area contributed by atoms with Gasteiger partial charge in [0.2, 0.25) is 0 Å². The maximum absolute atomic E-state index is 13.4. The zero-order valence-corrected chi connectivity index (χ0v) is 16.2. The van der Waals surface area contributed by atoms with Crippen LogP contribution in [-0.2, 0) is 14.0 Å². The molecular formula is C12H6BF21O3. The van der Waals surface area contributed by atoms with Crippen molar-refractivity contribution in [1.82, 2.24) is 0 Å². The van der Waals surface area contributed by atoms with Crippen LogP contribution in [-0.4, -0.2) is 81.2 Å². The van der Waals surface area contributed by atoms with Gasteiger partial charge in [-0.2, -0.15) is 52.7 Å². The molecule has 0 spiro atoms. The summed E-state index contributed by atoms with van der Waals surface area (Å²) in [5, 5.41) is 0. The zero-order chi connectivity index (χ0) is 30.2. The van der Waals surface area contributed by atoms with Gasteiger partial charge in [-0.3, -0.25) is 0 Å². The third kappa shape index (κ3) is 6.73. The average molecular weight is 608 g/mol. The van der Waals surface area contributed by atoms with Gasteiger partial charge in [-0.05, 0) is 0 Å². The smallest absolute Gasteiger partial charge is 0.350 e. The largest absolute Gasteiger partial charge is 0.646 e. The summed E-state index contributed by atoms with van der Waals surface area (Å²) in [6.07, 6.45) is -33.5. The molecule has 0 aliphatic carbocycles. The summed E-state index contributed by atoms with van der Waals surface area (Å²) in [5.74, 6) is -41.6. The number of halogens is 21. The molecule has 37 heavy (non-hydrogen) atoms. The number of rotatable bonds is 15. The first-order valence-electron chi connectivity index (χ1n) is 8.13. The van der Waals surface area contributed by atoms with Crippen molar-refractivity contribution in [2.45, 2.75) is 73.9 Å². The molecule has 0 bridgehead atoms. The molecule has 0 saturated carbocycles. The summed E-state index contributed by atoms with van der Waals surface area (Å²) in [4.78, 5) is 0. The second kappa shape index (κ2) is 11.3. The lowest BCUT2D eigenvalue weighted by molar-refractivity contribution is -0.336. The van der Waals surface area contributed by atoms with Gasteiger partial charge in [0.1, 0.15) is 0 Å². The van der Waals surface area contributed by atoms with Crippen molar-refractivity contribution in [2.24, 2.45) is 0 Å². The lowest BCUT2D eigenvalue weighted by atomic mass is 10.1. The molecule has 0 aromatic carbocycles. The van der Waals surface area contributed by atoms with E-state index >= 15 is 0 Å². The van der Waals surface area contributed by atoms with Gasteiger partial charge in [0.25, 0.3) is 19.1 Å². The molecule has 3 nitrogen and oxygen atoms in total. The van der Waals surface area contributed by atoms with Crippen LogP contribution >= 0.6 is 0 Å². The molecule has 25 heteroatoms. The summed E-state index contributed by atoms with van der Waals surface area (Å²) in [6.45, 7) is 0. The van der Waals surface area contributed by atoms with Gasteiger partial charge in [0.05, 0.1) is 0 Å². The van der Waals surface area contributed by atoms with Crippen LogP contribution in [0.5, 0.6) is 0 Å². The quantitative estimate of drug-likeness (QED) is 0.157. The Morgan fingerprint density at radius 3 is 0.622 bits per heavy atom. The molecule has 0 rings (SSSR count). The van der Waals surface area contributed by atoms with E-state index in [2.05, 4.69) is 14.0 Å². The van der Waals surface area contributed by atoms with Gasteiger partial charge < -0.3 is 14.0 Å². The fourth-order valence-corrected chi connectivity index (χ4v) is 1.54. The van der Waals surface area contributed by atoms with Crippen molar-refractivity contribution >= 4 is 7.32 Å². The standard InChI is InChI=1S/C12H6BF21O3/c14-1(15)7(23,24)10(29,30)4(20)35-13(36-5(21)11(31,32)8(25,26)2(16)17)37-6(22)12(33,34)9(27,28)3(18)19/h1-6H. The third-order valence-electron chi connectivity index (χ3n) is 3.70. The molecule has 0 aromatic rings. The van der Waals surface area contributed by atoms with Crippen LogP contribution in [0, 0.1) is 0 Å². The van der Waals surface area contributed by atoms with Crippen molar-refractivity contribution in [1.29, 1.82) is 0 Å². The Labute approximate surface area is 188 Å². The molecule has 0 N–H and O–H groups in total. The SMILES string of the molecule is FC(F)C(F)(F)C(F)(F)C(F)OB(OC(F)C(F)(F)C(F)(F)C(F)F)OC(F)C(F)(F)C(F)(F)C(F)F. The van der Waals surface area contributed by atoms with E-state index in [4.69, 9.17) is 0 Å². The first kappa shape index (κ1) is 35.5. The van der Waals surface area contributed by atoms with Crippen LogP contribution in [0.4, 0.5) is 92.2 Å². The fourth-order valence-electron chi connectivity index (χ4n) is 1.54. The minimum Gasteiger partial charge on any atom is -0.350 e. The summed E-state index contributed by atoms with van der Waals surface area (Å²) in [6, 6.07) is 0. The van der Waals surface area contributed by atoms with Gasteiger partial charge in [-0.25, -0.2) is 39.5 Å². The number of hydrogen-bond donors (Lipinski definition) is 0. The van der Waals surface area contributed by atoms with E-state index in [1.54, 1.807) is 0 Å². The van der Waals surface area contributed by atoms with Gasteiger partial charge >= 0.3 is 62.1 Å². The van der Waals surface area contributed by atoms with Crippen LogP contribution < -0.4 is 0 Å². The highest BCUT2D eigenvalue weighted by atomic mass is 19.4. The average Bonchev–Trinajstić information content (AvgIpc) is 2.72. The first-order chi connectivity index (χ1) is 16.1. The highest BCUT2D eigenvalue weighted by Gasteiger charge is 2.72. The fraction of sp³-hybridized carbons (Fsp3) is 1.00. The normalized spacial score (nSPS) is 17.5. The van der Waals surface area contributed by atoms with Crippen LogP contribution in [0.15, 0.2) is 0 Å². The van der Waals surface area contributed by atoms with E-state index in [-0.39, 0.29) is 0 Å². The maximum Gasteiger partial charge on any atom is 0.646 e. The summed E-state index contributed by atoms with van der Waals surface area (Å²) < 4.78 is 276. The molecule has 0 heterocycles. The van der Waals surface area contributed by atoms with E-state index in [1.165, 1.54) is 0 Å². The van der Waals surface area contributed by atoms with Crippen LogP contribution in [0.2, 0.25) is 0 Å². The highest BCUT2D eigenvalue weighted by Crippen LogP contribution is 2.46. The van der Waals surface area contributed by atoms with Gasteiger partial charge in [0, 0.05) is 0 Å². The summed E-state index contributed by atoms with van der Waals surface area (Å²) >= 11 is 0. The highest BCUT2D eigenvalue weighted by molar-refractivity contribution is 6.36. The summed E-state index contributed by atoms with van der Waals surface area (Å²) in [7, 11) is -5.04. The van der Waals surface area contributed by atoms with E-state index in [1.807, 2.05) is 0 Å². The van der Waals surface area contributed by atoms with Gasteiger partial charge in [0.15, 0.2) is 0 Å². The van der Waals surface area contributed by atoms with Crippen molar-refractivity contribution in [3.05, 3.63) is 0 Å². The molecule has 222 valence electrons. The minimum absolute atomic E-state index is 2.54. The monoisotopic (exact) mass is 608 g/mol. The molecule has 3 atom stereocenters. The van der Waals surface area contributed by atoms with E-state index in [0.717, 1.165) is 0 Å². The minimum atomic E-state index is -6.99. The lowest BCUT2D eigenvalue weighted by Gasteiger charge is -2.33. The predicted molar refractivity (Wildman–Crippen MR) is 71.4 cm³/mol. The molecule has 0 fully saturated rings. The van der Waals surface area contributed by atoms with Crippen LogP contribution in [0.25, 0.3) is 0 Å². The molecule has 0 aliphatic heterocycles. The predicted octanol–water partition coefficient (Wildman–Crippen LogP) is 6.52. The summed E-state index contributed by atoms with van der Waals surface area (Å²) in [5.41, 5.74) is 0. The molecule has 0 aliphatic rings. The Hall–Kier alpha value is -1.53. The topological polar surface area (TPSA) is 27.7 Å². The second-order valence-corrected chi connectivity index (χ2v) is 6.28. The van der Waals surface area contributed by atoms with E-state index in [9.17, 15) is 92.2 Å². The Balaban J connectivity index is 6.33. The zero-order valence-electron chi connectivity index (χ0n) is 16.2. The second-order valence-electron chi connectivity index (χ2n) is 6.28. The van der Waals surface area contributed by atoms with Crippen molar-refractivity contribution < 1.29 is 106 Å². The molecule has 0 aromatic heterocycles. The number of hydrogen-bond acceptors (Lipinski definition) is 3. The Morgan fingerprint density at radius 2 is 0.486 bits per heavy atom. The Kier molecular flexibility index (Phi) is 10.8. The molecule has 3 unspecified atom stereocenters. The number of alkyl halides is 21. The van der Waals surface area contributed by atoms with Crippen molar-refractivity contribution in [3.63, 3.8) is 0 Å². The van der Waals surface area contributed by atoms with E-state index in [0.29, 0.717) is 0 Å². The van der Waals surface area contributed by atoms with Crippen molar-refractivity contribution in [2.75, 3.05) is 0 Å². The Morgan fingerprint density at radius 1 is 0.324 bits per heavy atom. The lowest BCUT2D eigenvalue weighted by Crippen LogP contribution is -2.59. The molecule has 0 saturated heterocycles. The van der Waals surface area contributed by atoms with Crippen LogP contribution in [0.1, 0.15) is 0 Å². The van der Waals surface area contributed by atoms with Crippen molar-refractivity contribution in [3.8, 4) is 0 Å². The molecule has 0 radical (unpaired) electrons. The Bertz CT molecular complexity index is 636. The third-order valence-corrected chi connectivity index (χ3v) is 3.70. The van der Waals surface area contributed by atoms with E-state index < -0.39 is 81.2 Å². The van der Waals surface area contributed by atoms with Crippen LogP contribution in [0.3, 0.4) is 0 Å². The first-order valence-corrected chi connectivity index (χ1v) is 8.13. The maximum atomic E-state index is 13.4.